The smallest absolute Gasteiger partial charge is 0.251 e. The molecule has 0 aromatic heterocycles. The number of carbonyl (C=O) groups is 1. The summed E-state index contributed by atoms with van der Waals surface area (Å²) in [5.74, 6) is -0.203. The molecule has 0 bridgehead atoms. The number of carbonyl (C=O) groups excluding carboxylic acids is 1. The van der Waals surface area contributed by atoms with Crippen LogP contribution >= 0.6 is 0 Å². The van der Waals surface area contributed by atoms with Gasteiger partial charge in [0.05, 0.1) is 17.6 Å². The number of ether oxygens (including phenoxy) is 1. The molecule has 3 rings (SSSR count). The first-order valence-corrected chi connectivity index (χ1v) is 10.4. The van der Waals surface area contributed by atoms with Gasteiger partial charge in [0.15, 0.2) is 0 Å². The van der Waals surface area contributed by atoms with Gasteiger partial charge in [-0.15, -0.1) is 0 Å². The number of hydrogen-bond acceptors (Lipinski definition) is 4. The van der Waals surface area contributed by atoms with Gasteiger partial charge in [-0.1, -0.05) is 35.9 Å². The molecule has 1 saturated heterocycles. The summed E-state index contributed by atoms with van der Waals surface area (Å²) >= 11 is 0. The van der Waals surface area contributed by atoms with Gasteiger partial charge in [0, 0.05) is 24.7 Å². The largest absolute Gasteiger partial charge is 0.373 e. The molecule has 0 radical (unpaired) electrons. The highest BCUT2D eigenvalue weighted by Gasteiger charge is 2.35. The van der Waals surface area contributed by atoms with Gasteiger partial charge in [0.25, 0.3) is 5.91 Å². The minimum atomic E-state index is -3.61. The van der Waals surface area contributed by atoms with Crippen molar-refractivity contribution < 1.29 is 17.9 Å². The molecule has 1 amide bonds. The summed E-state index contributed by atoms with van der Waals surface area (Å²) in [7, 11) is -3.61. The molecule has 2 atom stereocenters. The third kappa shape index (κ3) is 4.55. The van der Waals surface area contributed by atoms with Gasteiger partial charge in [-0.25, -0.2) is 8.42 Å². The summed E-state index contributed by atoms with van der Waals surface area (Å²) in [4.78, 5) is 12.5. The molecule has 1 heterocycles. The number of hydrogen-bond donors (Lipinski definition) is 1. The quantitative estimate of drug-likeness (QED) is 0.852. The lowest BCUT2D eigenvalue weighted by molar-refractivity contribution is -0.0252. The molecule has 6 nitrogen and oxygen atoms in total. The number of sulfonamides is 1. The Balaban J connectivity index is 1.67. The summed E-state index contributed by atoms with van der Waals surface area (Å²) in [5.41, 5.74) is 1.57. The molecule has 0 saturated carbocycles. The van der Waals surface area contributed by atoms with Crippen molar-refractivity contribution in [3.8, 4) is 0 Å². The monoisotopic (exact) mass is 388 g/mol. The van der Waals surface area contributed by atoms with E-state index in [0.717, 1.165) is 5.56 Å². The molecule has 0 unspecified atom stereocenters. The van der Waals surface area contributed by atoms with Gasteiger partial charge in [0.2, 0.25) is 10.0 Å². The average molecular weight is 388 g/mol. The lowest BCUT2D eigenvalue weighted by Gasteiger charge is -2.37. The number of amides is 1. The van der Waals surface area contributed by atoms with Crippen LogP contribution in [0.4, 0.5) is 0 Å². The zero-order valence-electron chi connectivity index (χ0n) is 15.5. The first kappa shape index (κ1) is 19.5. The van der Waals surface area contributed by atoms with Crippen LogP contribution in [0.15, 0.2) is 59.5 Å². The van der Waals surface area contributed by atoms with Gasteiger partial charge in [-0.2, -0.15) is 4.31 Å². The number of morpholine rings is 1. The number of rotatable bonds is 5. The molecule has 1 aliphatic heterocycles. The Morgan fingerprint density at radius 1 is 1.15 bits per heavy atom. The molecule has 2 aromatic rings. The predicted octanol–water partition coefficient (Wildman–Crippen LogP) is 2.20. The Labute approximate surface area is 160 Å². The summed E-state index contributed by atoms with van der Waals surface area (Å²) in [6, 6.07) is 15.4. The molecule has 0 aliphatic carbocycles. The highest BCUT2D eigenvalue weighted by Crippen LogP contribution is 2.22. The lowest BCUT2D eigenvalue weighted by atomic mass is 10.2. The average Bonchev–Trinajstić information content (AvgIpc) is 2.68. The van der Waals surface area contributed by atoms with Crippen LogP contribution in [0.3, 0.4) is 0 Å². The Bertz CT molecular complexity index is 882. The predicted molar refractivity (Wildman–Crippen MR) is 103 cm³/mol. The second-order valence-corrected chi connectivity index (χ2v) is 8.66. The van der Waals surface area contributed by atoms with Gasteiger partial charge < -0.3 is 10.1 Å². The molecule has 1 fully saturated rings. The van der Waals surface area contributed by atoms with Crippen LogP contribution in [0.1, 0.15) is 22.8 Å². The van der Waals surface area contributed by atoms with Crippen LogP contribution in [-0.4, -0.2) is 50.5 Å². The summed E-state index contributed by atoms with van der Waals surface area (Å²) < 4.78 is 33.2. The third-order valence-corrected chi connectivity index (χ3v) is 6.60. The first-order chi connectivity index (χ1) is 12.9. The Morgan fingerprint density at radius 3 is 2.48 bits per heavy atom. The summed E-state index contributed by atoms with van der Waals surface area (Å²) in [6.45, 7) is 4.48. The van der Waals surface area contributed by atoms with Crippen molar-refractivity contribution in [3.63, 3.8) is 0 Å². The first-order valence-electron chi connectivity index (χ1n) is 8.91. The number of aryl methyl sites for hydroxylation is 1. The number of nitrogens with one attached hydrogen (secondary N) is 1. The zero-order valence-corrected chi connectivity index (χ0v) is 16.3. The number of nitrogens with zero attached hydrogens (tertiary/aromatic N) is 1. The molecule has 1 N–H and O–H groups in total. The Hall–Kier alpha value is -2.22. The van der Waals surface area contributed by atoms with Crippen molar-refractivity contribution in [2.75, 3.05) is 19.7 Å². The molecule has 144 valence electrons. The molecule has 7 heteroatoms. The Morgan fingerprint density at radius 2 is 1.81 bits per heavy atom. The Kier molecular flexibility index (Phi) is 5.94. The van der Waals surface area contributed by atoms with Gasteiger partial charge >= 0.3 is 0 Å². The van der Waals surface area contributed by atoms with Crippen LogP contribution in [0, 0.1) is 6.92 Å². The highest BCUT2D eigenvalue weighted by atomic mass is 32.2. The second kappa shape index (κ2) is 8.21. The van der Waals surface area contributed by atoms with E-state index >= 15 is 0 Å². The van der Waals surface area contributed by atoms with Gasteiger partial charge in [-0.3, -0.25) is 4.79 Å². The minimum absolute atomic E-state index is 0.201. The lowest BCUT2D eigenvalue weighted by Crippen LogP contribution is -2.53. The summed E-state index contributed by atoms with van der Waals surface area (Å²) in [6.07, 6.45) is -0.394. The van der Waals surface area contributed by atoms with E-state index in [0.29, 0.717) is 5.56 Å². The van der Waals surface area contributed by atoms with Crippen molar-refractivity contribution >= 4 is 15.9 Å². The van der Waals surface area contributed by atoms with Crippen molar-refractivity contribution in [1.82, 2.24) is 9.62 Å². The molecule has 0 spiro atoms. The number of benzene rings is 2. The van der Waals surface area contributed by atoms with Gasteiger partial charge in [-0.05, 0) is 38.1 Å². The third-order valence-electron chi connectivity index (χ3n) is 4.60. The van der Waals surface area contributed by atoms with Crippen LogP contribution in [0.2, 0.25) is 0 Å². The van der Waals surface area contributed by atoms with Crippen LogP contribution in [0.5, 0.6) is 0 Å². The van der Waals surface area contributed by atoms with E-state index in [2.05, 4.69) is 5.32 Å². The van der Waals surface area contributed by atoms with E-state index in [1.54, 1.807) is 48.5 Å². The van der Waals surface area contributed by atoms with Gasteiger partial charge in [0.1, 0.15) is 0 Å². The molecule has 27 heavy (non-hydrogen) atoms. The molecule has 1 aliphatic rings. The topological polar surface area (TPSA) is 75.7 Å². The van der Waals surface area contributed by atoms with Crippen LogP contribution in [-0.2, 0) is 14.8 Å². The summed E-state index contributed by atoms with van der Waals surface area (Å²) in [5, 5.41) is 2.82. The van der Waals surface area contributed by atoms with E-state index in [1.165, 1.54) is 4.31 Å². The van der Waals surface area contributed by atoms with E-state index in [9.17, 15) is 13.2 Å². The van der Waals surface area contributed by atoms with E-state index in [4.69, 9.17) is 4.74 Å². The van der Waals surface area contributed by atoms with Crippen molar-refractivity contribution in [3.05, 3.63) is 65.7 Å². The molecular weight excluding hydrogens is 364 g/mol. The van der Waals surface area contributed by atoms with Crippen molar-refractivity contribution in [1.29, 1.82) is 0 Å². The second-order valence-electron chi connectivity index (χ2n) is 6.77. The van der Waals surface area contributed by atoms with E-state index in [1.807, 2.05) is 19.9 Å². The van der Waals surface area contributed by atoms with Crippen LogP contribution < -0.4 is 5.32 Å². The fourth-order valence-corrected chi connectivity index (χ4v) is 4.64. The zero-order chi connectivity index (χ0) is 19.4. The van der Waals surface area contributed by atoms with Crippen molar-refractivity contribution in [2.24, 2.45) is 0 Å². The maximum Gasteiger partial charge on any atom is 0.251 e. The standard InChI is InChI=1S/C20H24N2O4S/c1-15-8-10-19(11-9-15)27(24,25)22-13-18(26-14-16(22)2)12-21-20(23)17-6-4-3-5-7-17/h3-11,16,18H,12-14H2,1-2H3,(H,21,23)/t16-,18-/m0/s1. The fourth-order valence-electron chi connectivity index (χ4n) is 2.99. The maximum absolute atomic E-state index is 13.0. The van der Waals surface area contributed by atoms with E-state index < -0.39 is 16.1 Å². The molecule has 2 aromatic carbocycles. The normalized spacial score (nSPS) is 21.0. The molecular formula is C20H24N2O4S. The van der Waals surface area contributed by atoms with E-state index in [-0.39, 0.29) is 36.5 Å². The fraction of sp³-hybridized carbons (Fsp3) is 0.350. The van der Waals surface area contributed by atoms with Crippen molar-refractivity contribution in [2.45, 2.75) is 30.9 Å². The van der Waals surface area contributed by atoms with Crippen LogP contribution in [0.25, 0.3) is 0 Å². The SMILES string of the molecule is Cc1ccc(S(=O)(=O)N2C[C@H](CNC(=O)c3ccccc3)OC[C@@H]2C)cc1. The maximum atomic E-state index is 13.0. The minimum Gasteiger partial charge on any atom is -0.373 e. The highest BCUT2D eigenvalue weighted by molar-refractivity contribution is 7.89.